The molecular weight excluding hydrogens is 250 g/mol. The summed E-state index contributed by atoms with van der Waals surface area (Å²) in [6.45, 7) is 0.0783. The number of benzene rings is 1. The van der Waals surface area contributed by atoms with Crippen LogP contribution in [0.15, 0.2) is 23.1 Å². The van der Waals surface area contributed by atoms with Gasteiger partial charge in [-0.15, -0.1) is 0 Å². The minimum absolute atomic E-state index is 0.0783. The molecule has 4 nitrogen and oxygen atoms in total. The van der Waals surface area contributed by atoms with Crippen LogP contribution in [0.5, 0.6) is 0 Å². The van der Waals surface area contributed by atoms with Gasteiger partial charge in [-0.3, -0.25) is 0 Å². The van der Waals surface area contributed by atoms with Crippen LogP contribution in [0, 0.1) is 23.0 Å². The van der Waals surface area contributed by atoms with Crippen molar-refractivity contribution in [3.05, 3.63) is 29.8 Å². The van der Waals surface area contributed by atoms with Crippen LogP contribution in [0.3, 0.4) is 0 Å². The Morgan fingerprint density at radius 3 is 2.59 bits per heavy atom. The van der Waals surface area contributed by atoms with Crippen molar-refractivity contribution in [1.82, 2.24) is 4.72 Å². The molecule has 0 amide bonds. The molecule has 0 saturated heterocycles. The Balaban J connectivity index is 2.76. The molecule has 1 aromatic rings. The number of nitrogens with one attached hydrogen (secondary N) is 1. The number of hydrogen-bond donors (Lipinski definition) is 1. The van der Waals surface area contributed by atoms with Crippen molar-refractivity contribution >= 4 is 10.0 Å². The predicted octanol–water partition coefficient (Wildman–Crippen LogP) is 1.55. The highest BCUT2D eigenvalue weighted by Gasteiger charge is 2.15. The molecule has 1 aromatic carbocycles. The Kier molecular flexibility index (Phi) is 4.54. The smallest absolute Gasteiger partial charge is 0.211 e. The monoisotopic (exact) mass is 260 g/mol. The van der Waals surface area contributed by atoms with Crippen molar-refractivity contribution in [2.45, 2.75) is 17.7 Å². The Hall–Kier alpha value is -1.52. The third-order valence-electron chi connectivity index (χ3n) is 1.96. The highest BCUT2D eigenvalue weighted by molar-refractivity contribution is 7.89. The Morgan fingerprint density at radius 1 is 1.29 bits per heavy atom. The minimum Gasteiger partial charge on any atom is -0.211 e. The topological polar surface area (TPSA) is 70.0 Å². The summed E-state index contributed by atoms with van der Waals surface area (Å²) in [7, 11) is -3.85. The summed E-state index contributed by atoms with van der Waals surface area (Å²) >= 11 is 0. The van der Waals surface area contributed by atoms with E-state index in [0.717, 1.165) is 12.1 Å². The van der Waals surface area contributed by atoms with Crippen LogP contribution in [-0.2, 0) is 10.0 Å². The summed E-state index contributed by atoms with van der Waals surface area (Å²) in [6.07, 6.45) is 0.583. The van der Waals surface area contributed by atoms with E-state index in [-0.39, 0.29) is 17.9 Å². The third kappa shape index (κ3) is 3.76. The molecule has 0 unspecified atom stereocenters. The van der Waals surface area contributed by atoms with E-state index < -0.39 is 21.7 Å². The molecule has 0 aliphatic carbocycles. The van der Waals surface area contributed by atoms with E-state index in [1.807, 2.05) is 6.07 Å². The van der Waals surface area contributed by atoms with Gasteiger partial charge in [0.25, 0.3) is 0 Å². The summed E-state index contributed by atoms with van der Waals surface area (Å²) in [6, 6.07) is 4.21. The molecule has 0 radical (unpaired) electrons. The molecule has 0 spiro atoms. The lowest BCUT2D eigenvalue weighted by Crippen LogP contribution is -2.24. The average Bonchev–Trinajstić information content (AvgIpc) is 2.28. The first-order chi connectivity index (χ1) is 7.97. The molecule has 0 fully saturated rings. The van der Waals surface area contributed by atoms with Gasteiger partial charge in [0, 0.05) is 13.0 Å². The van der Waals surface area contributed by atoms with Gasteiger partial charge in [-0.25, -0.2) is 21.9 Å². The number of rotatable bonds is 5. The van der Waals surface area contributed by atoms with Gasteiger partial charge in [-0.1, -0.05) is 0 Å². The van der Waals surface area contributed by atoms with Gasteiger partial charge < -0.3 is 0 Å². The van der Waals surface area contributed by atoms with Gasteiger partial charge in [-0.2, -0.15) is 5.26 Å². The maximum Gasteiger partial charge on any atom is 0.240 e. The Labute approximate surface area is 97.9 Å². The second-order valence-electron chi connectivity index (χ2n) is 3.24. The molecule has 0 atom stereocenters. The van der Waals surface area contributed by atoms with E-state index in [2.05, 4.69) is 4.72 Å². The standard InChI is InChI=1S/C10H10F2N2O2S/c11-9-4-3-8(7-10(9)12)17(15,16)14-6-2-1-5-13/h3-4,7,14H,1-2,6H2. The number of halogens is 2. The third-order valence-corrected chi connectivity index (χ3v) is 3.42. The normalized spacial score (nSPS) is 11.1. The summed E-state index contributed by atoms with van der Waals surface area (Å²) in [5.41, 5.74) is 0. The second-order valence-corrected chi connectivity index (χ2v) is 5.00. The van der Waals surface area contributed by atoms with Gasteiger partial charge in [0.05, 0.1) is 11.0 Å². The average molecular weight is 260 g/mol. The summed E-state index contributed by atoms with van der Waals surface area (Å²) < 4.78 is 50.8. The number of sulfonamides is 1. The highest BCUT2D eigenvalue weighted by Crippen LogP contribution is 2.13. The second kappa shape index (κ2) is 5.70. The summed E-state index contributed by atoms with van der Waals surface area (Å²) in [4.78, 5) is -0.339. The molecule has 92 valence electrons. The van der Waals surface area contributed by atoms with Crippen molar-refractivity contribution < 1.29 is 17.2 Å². The lowest BCUT2D eigenvalue weighted by atomic mass is 10.3. The summed E-state index contributed by atoms with van der Waals surface area (Å²) in [5.74, 6) is -2.32. The Morgan fingerprint density at radius 2 is 2.00 bits per heavy atom. The maximum absolute atomic E-state index is 12.8. The number of hydrogen-bond acceptors (Lipinski definition) is 3. The molecule has 7 heteroatoms. The lowest BCUT2D eigenvalue weighted by molar-refractivity contribution is 0.504. The van der Waals surface area contributed by atoms with E-state index >= 15 is 0 Å². The zero-order valence-electron chi connectivity index (χ0n) is 8.78. The van der Waals surface area contributed by atoms with E-state index in [1.54, 1.807) is 0 Å². The zero-order valence-corrected chi connectivity index (χ0v) is 9.60. The molecule has 17 heavy (non-hydrogen) atoms. The van der Waals surface area contributed by atoms with Gasteiger partial charge in [0.1, 0.15) is 0 Å². The van der Waals surface area contributed by atoms with E-state index in [1.165, 1.54) is 0 Å². The van der Waals surface area contributed by atoms with Crippen molar-refractivity contribution in [3.63, 3.8) is 0 Å². The molecule has 0 bridgehead atoms. The number of unbranched alkanes of at least 4 members (excludes halogenated alkanes) is 1. The van der Waals surface area contributed by atoms with Crippen LogP contribution in [0.4, 0.5) is 8.78 Å². The number of nitrogens with zero attached hydrogens (tertiary/aromatic N) is 1. The fraction of sp³-hybridized carbons (Fsp3) is 0.300. The fourth-order valence-corrected chi connectivity index (χ4v) is 2.19. The Bertz CT molecular complexity index is 538. The molecule has 1 rings (SSSR count). The largest absolute Gasteiger partial charge is 0.240 e. The van der Waals surface area contributed by atoms with Crippen LogP contribution in [0.1, 0.15) is 12.8 Å². The molecule has 1 N–H and O–H groups in total. The van der Waals surface area contributed by atoms with Crippen molar-refractivity contribution in [2.24, 2.45) is 0 Å². The van der Waals surface area contributed by atoms with E-state index in [9.17, 15) is 17.2 Å². The van der Waals surface area contributed by atoms with Gasteiger partial charge in [0.2, 0.25) is 10.0 Å². The molecule has 0 saturated carbocycles. The fourth-order valence-electron chi connectivity index (χ4n) is 1.10. The van der Waals surface area contributed by atoms with Gasteiger partial charge >= 0.3 is 0 Å². The van der Waals surface area contributed by atoms with Crippen molar-refractivity contribution in [1.29, 1.82) is 5.26 Å². The first kappa shape index (κ1) is 13.5. The molecule has 0 aliphatic rings. The maximum atomic E-state index is 12.8. The van der Waals surface area contributed by atoms with Crippen LogP contribution in [-0.4, -0.2) is 15.0 Å². The van der Waals surface area contributed by atoms with Crippen molar-refractivity contribution in [2.75, 3.05) is 6.54 Å². The predicted molar refractivity (Wildman–Crippen MR) is 56.4 cm³/mol. The molecular formula is C10H10F2N2O2S. The number of nitriles is 1. The summed E-state index contributed by atoms with van der Waals surface area (Å²) in [5, 5.41) is 8.26. The van der Waals surface area contributed by atoms with E-state index in [0.29, 0.717) is 12.5 Å². The van der Waals surface area contributed by atoms with Crippen LogP contribution in [0.25, 0.3) is 0 Å². The minimum atomic E-state index is -3.85. The zero-order chi connectivity index (χ0) is 12.9. The van der Waals surface area contributed by atoms with Crippen LogP contribution >= 0.6 is 0 Å². The first-order valence-corrected chi connectivity index (χ1v) is 6.27. The van der Waals surface area contributed by atoms with E-state index in [4.69, 9.17) is 5.26 Å². The van der Waals surface area contributed by atoms with Gasteiger partial charge in [-0.05, 0) is 24.6 Å². The SMILES string of the molecule is N#CCCCNS(=O)(=O)c1ccc(F)c(F)c1. The molecule has 0 aliphatic heterocycles. The first-order valence-electron chi connectivity index (χ1n) is 4.79. The van der Waals surface area contributed by atoms with Crippen LogP contribution in [0.2, 0.25) is 0 Å². The highest BCUT2D eigenvalue weighted by atomic mass is 32.2. The van der Waals surface area contributed by atoms with Crippen LogP contribution < -0.4 is 4.72 Å². The van der Waals surface area contributed by atoms with Crippen molar-refractivity contribution in [3.8, 4) is 6.07 Å². The molecule has 0 heterocycles. The lowest BCUT2D eigenvalue weighted by Gasteiger charge is -2.05. The quantitative estimate of drug-likeness (QED) is 0.816. The van der Waals surface area contributed by atoms with Gasteiger partial charge in [0.15, 0.2) is 11.6 Å². The molecule has 0 aromatic heterocycles.